The number of methoxy groups -OCH3 is 1. The highest BCUT2D eigenvalue weighted by atomic mass is 16.5. The Morgan fingerprint density at radius 3 is 2.32 bits per heavy atom. The number of hydrogen-bond acceptors (Lipinski definition) is 7. The molecule has 0 spiro atoms. The van der Waals surface area contributed by atoms with Crippen LogP contribution in [-0.2, 0) is 0 Å². The number of nitrogens with zero attached hydrogens (tertiary/aromatic N) is 3. The first kappa shape index (κ1) is 15.4. The Hall–Kier alpha value is -1.63. The maximum Gasteiger partial charge on any atom is 0.322 e. The van der Waals surface area contributed by atoms with Crippen molar-refractivity contribution in [1.29, 1.82) is 0 Å². The van der Waals surface area contributed by atoms with Crippen molar-refractivity contribution in [2.75, 3.05) is 30.8 Å². The number of rotatable bonds is 8. The summed E-state index contributed by atoms with van der Waals surface area (Å²) in [5.74, 6) is 0.839. The second kappa shape index (κ2) is 7.08. The molecule has 1 aromatic rings. The Balaban J connectivity index is 2.74. The normalized spacial score (nSPS) is 13.7. The summed E-state index contributed by atoms with van der Waals surface area (Å²) in [5.41, 5.74) is -0.785. The molecule has 0 aliphatic carbocycles. The van der Waals surface area contributed by atoms with E-state index in [9.17, 15) is 5.11 Å². The highest BCUT2D eigenvalue weighted by Crippen LogP contribution is 2.14. The third-order valence-corrected chi connectivity index (χ3v) is 2.55. The van der Waals surface area contributed by atoms with E-state index >= 15 is 0 Å². The number of ether oxygens (including phenoxy) is 1. The molecule has 0 aromatic carbocycles. The van der Waals surface area contributed by atoms with Crippen LogP contribution in [0.15, 0.2) is 0 Å². The first-order chi connectivity index (χ1) is 9.00. The van der Waals surface area contributed by atoms with Crippen molar-refractivity contribution in [2.24, 2.45) is 0 Å². The molecule has 0 aliphatic heterocycles. The summed E-state index contributed by atoms with van der Waals surface area (Å²) in [5, 5.41) is 16.1. The van der Waals surface area contributed by atoms with Crippen LogP contribution in [-0.4, -0.2) is 45.9 Å². The topological polar surface area (TPSA) is 92.2 Å². The van der Waals surface area contributed by atoms with Gasteiger partial charge < -0.3 is 20.5 Å². The third kappa shape index (κ3) is 5.25. The molecule has 1 atom stereocenters. The minimum Gasteiger partial charge on any atom is -0.467 e. The molecule has 1 aromatic heterocycles. The van der Waals surface area contributed by atoms with Crippen LogP contribution >= 0.6 is 0 Å². The minimum atomic E-state index is -0.785. The molecule has 0 fully saturated rings. The smallest absolute Gasteiger partial charge is 0.322 e. The number of aromatic nitrogens is 3. The minimum absolute atomic E-state index is 0.239. The lowest BCUT2D eigenvalue weighted by Crippen LogP contribution is -2.33. The molecule has 0 amide bonds. The SMILES string of the molecule is CCCC(C)(O)CNc1nc(NCC)nc(OC)n1. The lowest BCUT2D eigenvalue weighted by atomic mass is 10.0. The summed E-state index contributed by atoms with van der Waals surface area (Å²) in [4.78, 5) is 12.4. The Kier molecular flexibility index (Phi) is 5.75. The third-order valence-electron chi connectivity index (χ3n) is 2.55. The summed E-state index contributed by atoms with van der Waals surface area (Å²) in [6.45, 7) is 6.85. The van der Waals surface area contributed by atoms with Crippen molar-refractivity contribution < 1.29 is 9.84 Å². The molecule has 1 rings (SSSR count). The molecule has 7 nitrogen and oxygen atoms in total. The van der Waals surface area contributed by atoms with Crippen molar-refractivity contribution >= 4 is 11.9 Å². The summed E-state index contributed by atoms with van der Waals surface area (Å²) in [6.07, 6.45) is 1.63. The number of anilines is 2. The van der Waals surface area contributed by atoms with Crippen LogP contribution in [0.4, 0.5) is 11.9 Å². The van der Waals surface area contributed by atoms with E-state index in [0.717, 1.165) is 6.42 Å². The van der Waals surface area contributed by atoms with Crippen LogP contribution in [0.1, 0.15) is 33.6 Å². The van der Waals surface area contributed by atoms with Gasteiger partial charge in [-0.2, -0.15) is 15.0 Å². The Morgan fingerprint density at radius 2 is 1.79 bits per heavy atom. The zero-order valence-electron chi connectivity index (χ0n) is 12.0. The summed E-state index contributed by atoms with van der Waals surface area (Å²) >= 11 is 0. The Morgan fingerprint density at radius 1 is 1.16 bits per heavy atom. The molecule has 0 saturated heterocycles. The van der Waals surface area contributed by atoms with Crippen molar-refractivity contribution in [1.82, 2.24) is 15.0 Å². The summed E-state index contributed by atoms with van der Waals surface area (Å²) in [6, 6.07) is 0.239. The van der Waals surface area contributed by atoms with Gasteiger partial charge in [-0.3, -0.25) is 0 Å². The maximum atomic E-state index is 10.1. The molecule has 1 unspecified atom stereocenters. The molecule has 1 heterocycles. The molecule has 108 valence electrons. The van der Waals surface area contributed by atoms with Crippen molar-refractivity contribution in [3.63, 3.8) is 0 Å². The molecule has 19 heavy (non-hydrogen) atoms. The molecular formula is C12H23N5O2. The van der Waals surface area contributed by atoms with Crippen molar-refractivity contribution in [3.05, 3.63) is 0 Å². The lowest BCUT2D eigenvalue weighted by molar-refractivity contribution is 0.0635. The van der Waals surface area contributed by atoms with E-state index in [-0.39, 0.29) is 6.01 Å². The number of nitrogens with one attached hydrogen (secondary N) is 2. The number of aliphatic hydroxyl groups is 1. The van der Waals surface area contributed by atoms with Crippen LogP contribution in [0.2, 0.25) is 0 Å². The lowest BCUT2D eigenvalue weighted by Gasteiger charge is -2.22. The van der Waals surface area contributed by atoms with Gasteiger partial charge in [0.05, 0.1) is 12.7 Å². The average molecular weight is 269 g/mol. The fourth-order valence-electron chi connectivity index (χ4n) is 1.66. The molecule has 0 radical (unpaired) electrons. The Bertz CT molecular complexity index is 398. The van der Waals surface area contributed by atoms with Gasteiger partial charge in [0.25, 0.3) is 0 Å². The van der Waals surface area contributed by atoms with Gasteiger partial charge >= 0.3 is 6.01 Å². The second-order valence-electron chi connectivity index (χ2n) is 4.60. The standard InChI is InChI=1S/C12H23N5O2/c1-5-7-12(3,18)8-14-10-15-9(13-6-2)16-11(17-10)19-4/h18H,5-8H2,1-4H3,(H2,13,14,15,16,17). The van der Waals surface area contributed by atoms with Crippen molar-refractivity contribution in [2.45, 2.75) is 39.2 Å². The van der Waals surface area contributed by atoms with E-state index in [1.54, 1.807) is 6.92 Å². The monoisotopic (exact) mass is 269 g/mol. The van der Waals surface area contributed by atoms with E-state index in [1.807, 2.05) is 13.8 Å². The van der Waals surface area contributed by atoms with E-state index in [4.69, 9.17) is 4.74 Å². The van der Waals surface area contributed by atoms with E-state index in [2.05, 4.69) is 25.6 Å². The molecule has 0 saturated carbocycles. The van der Waals surface area contributed by atoms with E-state index in [0.29, 0.717) is 31.4 Å². The predicted octanol–water partition coefficient (Wildman–Crippen LogP) is 1.27. The molecule has 3 N–H and O–H groups in total. The van der Waals surface area contributed by atoms with Crippen LogP contribution < -0.4 is 15.4 Å². The van der Waals surface area contributed by atoms with E-state index in [1.165, 1.54) is 7.11 Å². The van der Waals surface area contributed by atoms with Crippen LogP contribution in [0, 0.1) is 0 Å². The Labute approximate surface area is 113 Å². The van der Waals surface area contributed by atoms with Crippen LogP contribution in [0.3, 0.4) is 0 Å². The number of hydrogen-bond donors (Lipinski definition) is 3. The fourth-order valence-corrected chi connectivity index (χ4v) is 1.66. The predicted molar refractivity (Wildman–Crippen MR) is 74.6 cm³/mol. The first-order valence-corrected chi connectivity index (χ1v) is 6.51. The van der Waals surface area contributed by atoms with Gasteiger partial charge in [-0.25, -0.2) is 0 Å². The zero-order chi connectivity index (χ0) is 14.3. The highest BCUT2D eigenvalue weighted by molar-refractivity contribution is 5.36. The highest BCUT2D eigenvalue weighted by Gasteiger charge is 2.19. The molecule has 0 aliphatic rings. The van der Waals surface area contributed by atoms with Gasteiger partial charge in [-0.05, 0) is 20.3 Å². The van der Waals surface area contributed by atoms with E-state index < -0.39 is 5.60 Å². The van der Waals surface area contributed by atoms with Gasteiger partial charge in [0, 0.05) is 13.1 Å². The van der Waals surface area contributed by atoms with Gasteiger partial charge in [0.2, 0.25) is 11.9 Å². The average Bonchev–Trinajstić information content (AvgIpc) is 2.36. The largest absolute Gasteiger partial charge is 0.467 e. The maximum absolute atomic E-state index is 10.1. The molecular weight excluding hydrogens is 246 g/mol. The zero-order valence-corrected chi connectivity index (χ0v) is 12.0. The van der Waals surface area contributed by atoms with Gasteiger partial charge in [0.1, 0.15) is 0 Å². The fraction of sp³-hybridized carbons (Fsp3) is 0.750. The van der Waals surface area contributed by atoms with Gasteiger partial charge in [-0.15, -0.1) is 0 Å². The molecule has 0 bridgehead atoms. The first-order valence-electron chi connectivity index (χ1n) is 6.51. The van der Waals surface area contributed by atoms with Crippen LogP contribution in [0.5, 0.6) is 6.01 Å². The van der Waals surface area contributed by atoms with Crippen LogP contribution in [0.25, 0.3) is 0 Å². The quantitative estimate of drug-likeness (QED) is 0.654. The summed E-state index contributed by atoms with van der Waals surface area (Å²) in [7, 11) is 1.50. The summed E-state index contributed by atoms with van der Waals surface area (Å²) < 4.78 is 5.02. The van der Waals surface area contributed by atoms with Gasteiger partial charge in [-0.1, -0.05) is 13.3 Å². The van der Waals surface area contributed by atoms with Gasteiger partial charge in [0.15, 0.2) is 0 Å². The molecule has 7 heteroatoms. The second-order valence-corrected chi connectivity index (χ2v) is 4.60. The van der Waals surface area contributed by atoms with Crippen molar-refractivity contribution in [3.8, 4) is 6.01 Å².